The fourth-order valence-electron chi connectivity index (χ4n) is 2.98. The van der Waals surface area contributed by atoms with Crippen molar-refractivity contribution in [3.8, 4) is 0 Å². The van der Waals surface area contributed by atoms with Crippen LogP contribution in [0.5, 0.6) is 0 Å². The third kappa shape index (κ3) is 4.47. The zero-order chi connectivity index (χ0) is 18.4. The Balaban J connectivity index is 1.47. The van der Waals surface area contributed by atoms with Crippen LogP contribution in [0.15, 0.2) is 60.7 Å². The number of ether oxygens (including phenoxy) is 1. The van der Waals surface area contributed by atoms with E-state index >= 15 is 0 Å². The summed E-state index contributed by atoms with van der Waals surface area (Å²) in [5.74, 6) is -0.295. The quantitative estimate of drug-likeness (QED) is 0.586. The highest BCUT2D eigenvalue weighted by Gasteiger charge is 2.47. The van der Waals surface area contributed by atoms with Crippen molar-refractivity contribution in [2.24, 2.45) is 0 Å². The molecule has 4 N–H and O–H groups in total. The van der Waals surface area contributed by atoms with Crippen molar-refractivity contribution in [1.29, 1.82) is 0 Å². The second kappa shape index (κ2) is 8.42. The molecule has 0 aliphatic carbocycles. The lowest BCUT2D eigenvalue weighted by Crippen LogP contribution is -2.53. The number of carbonyl (C=O) groups is 1. The Hall–Kier alpha value is -2.25. The minimum Gasteiger partial charge on any atom is -0.387 e. The molecule has 1 aliphatic heterocycles. The molecular weight excluding hydrogens is 332 g/mol. The Labute approximate surface area is 152 Å². The Bertz CT molecular complexity index is 710. The van der Waals surface area contributed by atoms with Gasteiger partial charge in [0.25, 0.3) is 5.91 Å². The molecule has 1 saturated heterocycles. The number of hydrogen-bond donors (Lipinski definition) is 4. The van der Waals surface area contributed by atoms with E-state index in [0.717, 1.165) is 5.56 Å². The molecule has 6 heteroatoms. The first-order chi connectivity index (χ1) is 12.6. The molecule has 138 valence electrons. The smallest absolute Gasteiger partial charge is 0.251 e. The van der Waals surface area contributed by atoms with Crippen LogP contribution >= 0.6 is 0 Å². The number of aliphatic hydroxyl groups excluding tert-OH is 1. The SMILES string of the molecule is O=C(NC[C@]1(O)CO[C@H](CNCc2ccccc2)[C@H]1O)c1ccccc1. The molecule has 1 fully saturated rings. The summed E-state index contributed by atoms with van der Waals surface area (Å²) < 4.78 is 5.54. The molecule has 0 aromatic heterocycles. The van der Waals surface area contributed by atoms with E-state index in [0.29, 0.717) is 18.7 Å². The lowest BCUT2D eigenvalue weighted by molar-refractivity contribution is -0.0466. The number of hydrogen-bond acceptors (Lipinski definition) is 5. The van der Waals surface area contributed by atoms with Crippen LogP contribution in [0, 0.1) is 0 Å². The van der Waals surface area contributed by atoms with E-state index in [1.54, 1.807) is 24.3 Å². The molecule has 2 aromatic rings. The van der Waals surface area contributed by atoms with Crippen LogP contribution in [0.3, 0.4) is 0 Å². The van der Waals surface area contributed by atoms with E-state index in [-0.39, 0.29) is 19.1 Å². The van der Waals surface area contributed by atoms with Gasteiger partial charge < -0.3 is 25.6 Å². The molecule has 26 heavy (non-hydrogen) atoms. The summed E-state index contributed by atoms with van der Waals surface area (Å²) in [4.78, 5) is 12.1. The highest BCUT2D eigenvalue weighted by Crippen LogP contribution is 2.24. The van der Waals surface area contributed by atoms with Crippen molar-refractivity contribution >= 4 is 5.91 Å². The van der Waals surface area contributed by atoms with Crippen molar-refractivity contribution in [3.05, 3.63) is 71.8 Å². The van der Waals surface area contributed by atoms with Gasteiger partial charge in [0.1, 0.15) is 11.7 Å². The van der Waals surface area contributed by atoms with Gasteiger partial charge in [-0.3, -0.25) is 4.79 Å². The molecule has 1 heterocycles. The van der Waals surface area contributed by atoms with Crippen LogP contribution in [-0.2, 0) is 11.3 Å². The van der Waals surface area contributed by atoms with Crippen molar-refractivity contribution in [2.75, 3.05) is 19.7 Å². The zero-order valence-corrected chi connectivity index (χ0v) is 14.5. The van der Waals surface area contributed by atoms with Crippen molar-refractivity contribution in [1.82, 2.24) is 10.6 Å². The summed E-state index contributed by atoms with van der Waals surface area (Å²) in [5, 5.41) is 26.9. The maximum Gasteiger partial charge on any atom is 0.251 e. The first kappa shape index (κ1) is 18.5. The Morgan fingerprint density at radius 1 is 1.12 bits per heavy atom. The second-order valence-electron chi connectivity index (χ2n) is 6.56. The van der Waals surface area contributed by atoms with Gasteiger partial charge in [0.05, 0.1) is 19.3 Å². The first-order valence-electron chi connectivity index (χ1n) is 8.68. The maximum absolute atomic E-state index is 12.1. The van der Waals surface area contributed by atoms with E-state index in [4.69, 9.17) is 4.74 Å². The number of carbonyl (C=O) groups excluding carboxylic acids is 1. The molecule has 0 radical (unpaired) electrons. The Morgan fingerprint density at radius 3 is 2.46 bits per heavy atom. The van der Waals surface area contributed by atoms with Crippen molar-refractivity contribution < 1.29 is 19.7 Å². The largest absolute Gasteiger partial charge is 0.387 e. The van der Waals surface area contributed by atoms with Gasteiger partial charge in [-0.2, -0.15) is 0 Å². The molecule has 0 spiro atoms. The standard InChI is InChI=1S/C20H24N2O4/c23-18-17(12-21-11-15-7-3-1-4-8-15)26-14-20(18,25)13-22-19(24)16-9-5-2-6-10-16/h1-10,17-18,21,23,25H,11-14H2,(H,22,24)/t17-,18-,20+/m1/s1. The summed E-state index contributed by atoms with van der Waals surface area (Å²) in [6.07, 6.45) is -1.61. The average Bonchev–Trinajstić information content (AvgIpc) is 2.97. The van der Waals surface area contributed by atoms with Crippen LogP contribution in [0.1, 0.15) is 15.9 Å². The Morgan fingerprint density at radius 2 is 1.77 bits per heavy atom. The minimum atomic E-state index is -1.50. The number of aliphatic hydroxyl groups is 2. The Kier molecular flexibility index (Phi) is 6.00. The molecule has 0 saturated carbocycles. The fourth-order valence-corrected chi connectivity index (χ4v) is 2.98. The molecular formula is C20H24N2O4. The highest BCUT2D eigenvalue weighted by molar-refractivity contribution is 5.94. The molecule has 3 rings (SSSR count). The summed E-state index contributed by atoms with van der Waals surface area (Å²) in [6.45, 7) is 0.958. The first-order valence-corrected chi connectivity index (χ1v) is 8.68. The van der Waals surface area contributed by atoms with Gasteiger partial charge in [-0.1, -0.05) is 48.5 Å². The van der Waals surface area contributed by atoms with E-state index in [1.807, 2.05) is 36.4 Å². The maximum atomic E-state index is 12.1. The number of benzene rings is 2. The van der Waals surface area contributed by atoms with Crippen molar-refractivity contribution in [3.63, 3.8) is 0 Å². The topological polar surface area (TPSA) is 90.8 Å². The predicted octanol–water partition coefficient (Wildman–Crippen LogP) is 0.697. The lowest BCUT2D eigenvalue weighted by atomic mass is 9.96. The fraction of sp³-hybridized carbons (Fsp3) is 0.350. The number of rotatable bonds is 7. The van der Waals surface area contributed by atoms with E-state index in [9.17, 15) is 15.0 Å². The lowest BCUT2D eigenvalue weighted by Gasteiger charge is -2.26. The average molecular weight is 356 g/mol. The third-order valence-corrected chi connectivity index (χ3v) is 4.56. The summed E-state index contributed by atoms with van der Waals surface area (Å²) in [6, 6.07) is 18.6. The zero-order valence-electron chi connectivity index (χ0n) is 14.5. The highest BCUT2D eigenvalue weighted by atomic mass is 16.5. The van der Waals surface area contributed by atoms with Gasteiger partial charge in [-0.25, -0.2) is 0 Å². The molecule has 2 aromatic carbocycles. The van der Waals surface area contributed by atoms with Crippen LogP contribution in [0.25, 0.3) is 0 Å². The van der Waals surface area contributed by atoms with Crippen LogP contribution < -0.4 is 10.6 Å². The molecule has 0 bridgehead atoms. The monoisotopic (exact) mass is 356 g/mol. The third-order valence-electron chi connectivity index (χ3n) is 4.56. The van der Waals surface area contributed by atoms with Crippen LogP contribution in [-0.4, -0.2) is 53.6 Å². The number of amides is 1. The van der Waals surface area contributed by atoms with E-state index < -0.39 is 17.8 Å². The number of nitrogens with one attached hydrogen (secondary N) is 2. The molecule has 0 unspecified atom stereocenters. The molecule has 6 nitrogen and oxygen atoms in total. The van der Waals surface area contributed by atoms with E-state index in [1.165, 1.54) is 0 Å². The van der Waals surface area contributed by atoms with Gasteiger partial charge in [0, 0.05) is 18.7 Å². The van der Waals surface area contributed by atoms with Gasteiger partial charge in [-0.05, 0) is 17.7 Å². The predicted molar refractivity (Wildman–Crippen MR) is 97.6 cm³/mol. The molecule has 3 atom stereocenters. The van der Waals surface area contributed by atoms with Crippen LogP contribution in [0.2, 0.25) is 0 Å². The van der Waals surface area contributed by atoms with Gasteiger partial charge in [0.15, 0.2) is 0 Å². The summed E-state index contributed by atoms with van der Waals surface area (Å²) in [5.41, 5.74) is 0.139. The van der Waals surface area contributed by atoms with Crippen LogP contribution in [0.4, 0.5) is 0 Å². The van der Waals surface area contributed by atoms with E-state index in [2.05, 4.69) is 10.6 Å². The van der Waals surface area contributed by atoms with Gasteiger partial charge in [-0.15, -0.1) is 0 Å². The van der Waals surface area contributed by atoms with Gasteiger partial charge in [0.2, 0.25) is 0 Å². The molecule has 1 amide bonds. The minimum absolute atomic E-state index is 0.0269. The summed E-state index contributed by atoms with van der Waals surface area (Å²) in [7, 11) is 0. The molecule has 1 aliphatic rings. The summed E-state index contributed by atoms with van der Waals surface area (Å²) >= 11 is 0. The van der Waals surface area contributed by atoms with Crippen molar-refractivity contribution in [2.45, 2.75) is 24.4 Å². The van der Waals surface area contributed by atoms with Gasteiger partial charge >= 0.3 is 0 Å². The second-order valence-corrected chi connectivity index (χ2v) is 6.56. The normalized spacial score (nSPS) is 25.2.